The van der Waals surface area contributed by atoms with Gasteiger partial charge < -0.3 is 9.80 Å². The summed E-state index contributed by atoms with van der Waals surface area (Å²) in [5, 5.41) is 1.04. The van der Waals surface area contributed by atoms with E-state index in [9.17, 15) is 0 Å². The van der Waals surface area contributed by atoms with Gasteiger partial charge in [0.1, 0.15) is 11.6 Å². The van der Waals surface area contributed by atoms with Crippen LogP contribution in [0.4, 0.5) is 17.1 Å². The minimum Gasteiger partial charge on any atom is -0.374 e. The van der Waals surface area contributed by atoms with Gasteiger partial charge >= 0.3 is 0 Å². The number of benzene rings is 4. The second-order valence-corrected chi connectivity index (χ2v) is 15.8. The molecule has 0 spiro atoms. The highest BCUT2D eigenvalue weighted by Gasteiger charge is 2.35. The van der Waals surface area contributed by atoms with E-state index in [2.05, 4.69) is 151 Å². The lowest BCUT2D eigenvalue weighted by Gasteiger charge is -2.20. The SMILES string of the molecule is CC[N+](=C1C/C1=C/c1ccc(N(C)CCSSCCN(C)c2ccc(/C=C/c3nc4ccccc4s3)cc2)cc1)c1ccccc1S. The maximum Gasteiger partial charge on any atom is 0.218 e. The standard InChI is InChI=1S/C39H40N4S4/c1-4-43(35-10-6-7-11-37(35)44)36-28-31(36)27-30-15-20-33(21-16-30)42(3)24-26-46-45-25-23-41(2)32-18-13-29(14-19-32)17-22-39-40-34-9-5-8-12-38(34)47-39/h5-22,27H,4,23-26,28H2,1-3H3/p+1/b22-17+. The summed E-state index contributed by atoms with van der Waals surface area (Å²) >= 11 is 6.40. The molecule has 1 aliphatic rings. The molecule has 1 saturated carbocycles. The second-order valence-electron chi connectivity index (χ2n) is 11.5. The molecule has 6 rings (SSSR count). The van der Waals surface area contributed by atoms with Crippen LogP contribution in [0, 0.1) is 0 Å². The molecular formula is C39H41N4S4+. The van der Waals surface area contributed by atoms with Crippen LogP contribution >= 0.6 is 45.6 Å². The van der Waals surface area contributed by atoms with Crippen molar-refractivity contribution < 1.29 is 4.58 Å². The first-order valence-electron chi connectivity index (χ1n) is 16.0. The summed E-state index contributed by atoms with van der Waals surface area (Å²) in [4.78, 5) is 10.4. The van der Waals surface area contributed by atoms with Gasteiger partial charge in [0.15, 0.2) is 5.71 Å². The van der Waals surface area contributed by atoms with Gasteiger partial charge in [-0.1, -0.05) is 76.2 Å². The van der Waals surface area contributed by atoms with E-state index in [0.717, 1.165) is 53.0 Å². The van der Waals surface area contributed by atoms with Crippen molar-refractivity contribution in [3.05, 3.63) is 119 Å². The van der Waals surface area contributed by atoms with Crippen molar-refractivity contribution in [3.8, 4) is 0 Å². The summed E-state index contributed by atoms with van der Waals surface area (Å²) in [7, 11) is 8.27. The summed E-state index contributed by atoms with van der Waals surface area (Å²) in [6.07, 6.45) is 7.61. The molecule has 1 heterocycles. The van der Waals surface area contributed by atoms with E-state index in [-0.39, 0.29) is 0 Å². The molecule has 0 radical (unpaired) electrons. The van der Waals surface area contributed by atoms with Crippen LogP contribution in [-0.2, 0) is 0 Å². The number of nitrogens with zero attached hydrogens (tertiary/aromatic N) is 4. The van der Waals surface area contributed by atoms with E-state index >= 15 is 0 Å². The molecule has 240 valence electrons. The van der Waals surface area contributed by atoms with E-state index in [1.54, 1.807) is 11.3 Å². The predicted molar refractivity (Wildman–Crippen MR) is 215 cm³/mol. The maximum atomic E-state index is 4.70. The lowest BCUT2D eigenvalue weighted by Crippen LogP contribution is -2.21. The molecule has 0 saturated heterocycles. The van der Waals surface area contributed by atoms with Gasteiger partial charge in [0, 0.05) is 61.7 Å². The van der Waals surface area contributed by atoms with Crippen molar-refractivity contribution in [1.29, 1.82) is 0 Å². The van der Waals surface area contributed by atoms with Crippen LogP contribution in [0.25, 0.3) is 28.4 Å². The number of thiol groups is 1. The summed E-state index contributed by atoms with van der Waals surface area (Å²) in [6.45, 7) is 5.18. The van der Waals surface area contributed by atoms with Gasteiger partial charge in [0.2, 0.25) is 5.69 Å². The zero-order valence-corrected chi connectivity index (χ0v) is 30.5. The Hall–Kier alpha value is -3.43. The number of aromatic nitrogens is 1. The molecule has 0 atom stereocenters. The van der Waals surface area contributed by atoms with Gasteiger partial charge in [-0.05, 0) is 72.7 Å². The number of fused-ring (bicyclic) bond motifs is 1. The van der Waals surface area contributed by atoms with Crippen molar-refractivity contribution >= 4 is 96.8 Å². The summed E-state index contributed by atoms with van der Waals surface area (Å²) in [5.41, 5.74) is 10.0. The van der Waals surface area contributed by atoms with Crippen molar-refractivity contribution in [3.63, 3.8) is 0 Å². The molecule has 1 aliphatic carbocycles. The average Bonchev–Trinajstić information content (AvgIpc) is 3.71. The van der Waals surface area contributed by atoms with Crippen molar-refractivity contribution in [2.75, 3.05) is 55.0 Å². The first kappa shape index (κ1) is 33.5. The Kier molecular flexibility index (Phi) is 11.5. The van der Waals surface area contributed by atoms with Gasteiger partial charge in [0.25, 0.3) is 0 Å². The summed E-state index contributed by atoms with van der Waals surface area (Å²) in [5.74, 6) is 2.17. The van der Waals surface area contributed by atoms with Crippen LogP contribution in [0.2, 0.25) is 0 Å². The molecular weight excluding hydrogens is 653 g/mol. The molecule has 0 unspecified atom stereocenters. The number of hydrogen-bond acceptors (Lipinski definition) is 7. The fraction of sp³-hybridized carbons (Fsp3) is 0.231. The van der Waals surface area contributed by atoms with Crippen molar-refractivity contribution in [2.45, 2.75) is 18.2 Å². The molecule has 8 heteroatoms. The molecule has 5 aromatic rings. The monoisotopic (exact) mass is 693 g/mol. The van der Waals surface area contributed by atoms with E-state index in [1.807, 2.05) is 33.7 Å². The zero-order chi connectivity index (χ0) is 32.6. The van der Waals surface area contributed by atoms with Crippen LogP contribution in [0.5, 0.6) is 0 Å². The predicted octanol–water partition coefficient (Wildman–Crippen LogP) is 10.3. The Bertz CT molecular complexity index is 1860. The summed E-state index contributed by atoms with van der Waals surface area (Å²) < 4.78 is 3.61. The van der Waals surface area contributed by atoms with Gasteiger partial charge in [-0.25, -0.2) is 4.98 Å². The number of rotatable bonds is 14. The number of allylic oxidation sites excluding steroid dienone is 1. The maximum absolute atomic E-state index is 4.70. The van der Waals surface area contributed by atoms with Crippen molar-refractivity contribution in [1.82, 2.24) is 4.98 Å². The third-order valence-corrected chi connectivity index (χ3v) is 12.0. The lowest BCUT2D eigenvalue weighted by molar-refractivity contribution is -0.436. The number of thiazole rings is 1. The third-order valence-electron chi connectivity index (χ3n) is 8.26. The Labute approximate surface area is 296 Å². The highest BCUT2D eigenvalue weighted by molar-refractivity contribution is 8.76. The number of hydrogen-bond donors (Lipinski definition) is 1. The molecule has 0 amide bonds. The Morgan fingerprint density at radius 2 is 1.40 bits per heavy atom. The molecule has 0 aliphatic heterocycles. The average molecular weight is 694 g/mol. The van der Waals surface area contributed by atoms with Crippen LogP contribution in [0.3, 0.4) is 0 Å². The highest BCUT2D eigenvalue weighted by atomic mass is 33.1. The molecule has 0 N–H and O–H groups in total. The van der Waals surface area contributed by atoms with Gasteiger partial charge in [-0.3, -0.25) is 0 Å². The molecule has 1 fully saturated rings. The van der Waals surface area contributed by atoms with E-state index in [0.29, 0.717) is 0 Å². The van der Waals surface area contributed by atoms with E-state index in [1.165, 1.54) is 44.2 Å². The molecule has 1 aromatic heterocycles. The minimum atomic E-state index is 0.945. The van der Waals surface area contributed by atoms with E-state index in [4.69, 9.17) is 4.98 Å². The van der Waals surface area contributed by atoms with Crippen molar-refractivity contribution in [2.24, 2.45) is 0 Å². The topological polar surface area (TPSA) is 22.4 Å². The quantitative estimate of drug-likeness (QED) is 0.0540. The Balaban J connectivity index is 0.899. The molecule has 0 bridgehead atoms. The number of para-hydroxylation sites is 2. The normalized spacial score (nSPS) is 14.7. The van der Waals surface area contributed by atoms with Gasteiger partial charge in [-0.2, -0.15) is 4.58 Å². The second kappa shape index (κ2) is 16.1. The number of anilines is 2. The molecule has 47 heavy (non-hydrogen) atoms. The Morgan fingerprint density at radius 3 is 2.04 bits per heavy atom. The first-order valence-corrected chi connectivity index (χ1v) is 19.8. The zero-order valence-electron chi connectivity index (χ0n) is 27.2. The lowest BCUT2D eigenvalue weighted by atomic mass is 10.2. The molecule has 4 aromatic carbocycles. The smallest absolute Gasteiger partial charge is 0.218 e. The minimum absolute atomic E-state index is 0.945. The molecule has 4 nitrogen and oxygen atoms in total. The summed E-state index contributed by atoms with van der Waals surface area (Å²) in [6, 6.07) is 34.4. The van der Waals surface area contributed by atoms with Crippen LogP contribution in [0.15, 0.2) is 108 Å². The fourth-order valence-corrected chi connectivity index (χ4v) is 8.70. The fourth-order valence-electron chi connectivity index (χ4n) is 5.46. The van der Waals surface area contributed by atoms with E-state index < -0.39 is 0 Å². The first-order chi connectivity index (χ1) is 23.0. The largest absolute Gasteiger partial charge is 0.374 e. The van der Waals surface area contributed by atoms with Crippen LogP contribution in [0.1, 0.15) is 29.5 Å². The Morgan fingerprint density at radius 1 is 0.787 bits per heavy atom. The van der Waals surface area contributed by atoms with Crippen LogP contribution in [-0.4, -0.2) is 60.5 Å². The highest BCUT2D eigenvalue weighted by Crippen LogP contribution is 2.33. The van der Waals surface area contributed by atoms with Gasteiger partial charge in [0.05, 0.1) is 21.5 Å². The van der Waals surface area contributed by atoms with Crippen LogP contribution < -0.4 is 9.80 Å². The van der Waals surface area contributed by atoms with Gasteiger partial charge in [-0.15, -0.1) is 24.0 Å². The third kappa shape index (κ3) is 8.93.